The van der Waals surface area contributed by atoms with E-state index in [-0.39, 0.29) is 17.3 Å². The molecular formula is C22H24N4O2S. The molecule has 0 bridgehead atoms. The van der Waals surface area contributed by atoms with Gasteiger partial charge in [-0.15, -0.1) is 0 Å². The summed E-state index contributed by atoms with van der Waals surface area (Å²) in [6, 6.07) is 5.96. The van der Waals surface area contributed by atoms with Gasteiger partial charge in [-0.2, -0.15) is 0 Å². The smallest absolute Gasteiger partial charge is 0.225 e. The van der Waals surface area contributed by atoms with Gasteiger partial charge in [-0.3, -0.25) is 14.6 Å². The molecule has 2 aliphatic heterocycles. The standard InChI is InChI=1S/C22H24N4O2S/c27-19-15-21(28)29-20(19)14-18-6-11-24-22(25-18)26-12-7-17(8-13-26)3-1-2-16-4-9-23-10-5-16/h4-6,9-11,14,17H,1-3,7-8,12-13,15H2/b20-14-. The highest BCUT2D eigenvalue weighted by Crippen LogP contribution is 2.30. The molecule has 0 N–H and O–H groups in total. The van der Waals surface area contributed by atoms with Gasteiger partial charge in [-0.05, 0) is 79.6 Å². The van der Waals surface area contributed by atoms with Crippen molar-refractivity contribution in [3.63, 3.8) is 0 Å². The number of carbonyl (C=O) groups excluding carboxylic acids is 2. The number of carbonyl (C=O) groups is 2. The number of nitrogens with zero attached hydrogens (tertiary/aromatic N) is 4. The number of hydrogen-bond acceptors (Lipinski definition) is 7. The summed E-state index contributed by atoms with van der Waals surface area (Å²) in [5.74, 6) is 1.33. The van der Waals surface area contributed by atoms with Gasteiger partial charge in [0.1, 0.15) is 0 Å². The molecule has 2 saturated heterocycles. The van der Waals surface area contributed by atoms with E-state index in [1.807, 2.05) is 12.4 Å². The predicted octanol–water partition coefficient (Wildman–Crippen LogP) is 3.68. The molecule has 2 aromatic heterocycles. The summed E-state index contributed by atoms with van der Waals surface area (Å²) in [5, 5.41) is -0.0958. The van der Waals surface area contributed by atoms with Crippen molar-refractivity contribution in [3.05, 3.63) is 53.0 Å². The van der Waals surface area contributed by atoms with Gasteiger partial charge >= 0.3 is 0 Å². The van der Waals surface area contributed by atoms with Gasteiger partial charge in [0.25, 0.3) is 0 Å². The van der Waals surface area contributed by atoms with Crippen LogP contribution in [0.3, 0.4) is 0 Å². The van der Waals surface area contributed by atoms with Crippen LogP contribution in [-0.2, 0) is 16.0 Å². The summed E-state index contributed by atoms with van der Waals surface area (Å²) < 4.78 is 0. The molecule has 0 aliphatic carbocycles. The Morgan fingerprint density at radius 1 is 1.10 bits per heavy atom. The van der Waals surface area contributed by atoms with Crippen molar-refractivity contribution in [2.75, 3.05) is 18.0 Å². The molecule has 2 fully saturated rings. The fraction of sp³-hybridized carbons (Fsp3) is 0.409. The van der Waals surface area contributed by atoms with E-state index in [0.29, 0.717) is 16.5 Å². The summed E-state index contributed by atoms with van der Waals surface area (Å²) >= 11 is 1.01. The van der Waals surface area contributed by atoms with Crippen molar-refractivity contribution in [2.24, 2.45) is 5.92 Å². The molecule has 29 heavy (non-hydrogen) atoms. The molecule has 2 aromatic rings. The van der Waals surface area contributed by atoms with Crippen molar-refractivity contribution in [2.45, 2.75) is 38.5 Å². The van der Waals surface area contributed by atoms with E-state index in [1.165, 1.54) is 18.4 Å². The second kappa shape index (κ2) is 9.31. The Morgan fingerprint density at radius 2 is 1.90 bits per heavy atom. The molecular weight excluding hydrogens is 384 g/mol. The van der Waals surface area contributed by atoms with Crippen molar-refractivity contribution in [1.82, 2.24) is 15.0 Å². The molecule has 4 heterocycles. The highest BCUT2D eigenvalue weighted by Gasteiger charge is 2.26. The van der Waals surface area contributed by atoms with Crippen LogP contribution in [0.5, 0.6) is 0 Å². The van der Waals surface area contributed by atoms with Gasteiger partial charge in [0.05, 0.1) is 17.0 Å². The quantitative estimate of drug-likeness (QED) is 0.533. The molecule has 0 amide bonds. The van der Waals surface area contributed by atoms with Gasteiger partial charge in [-0.1, -0.05) is 0 Å². The Balaban J connectivity index is 1.29. The number of pyridine rings is 1. The Labute approximate surface area is 174 Å². The SMILES string of the molecule is O=C1CC(=O)/C(=C/c2ccnc(N3CCC(CCCc4ccncc4)CC3)n2)S1. The van der Waals surface area contributed by atoms with Gasteiger partial charge in [-0.25, -0.2) is 9.97 Å². The van der Waals surface area contributed by atoms with Crippen LogP contribution in [0.25, 0.3) is 6.08 Å². The first-order valence-corrected chi connectivity index (χ1v) is 10.9. The van der Waals surface area contributed by atoms with Gasteiger partial charge in [0, 0.05) is 31.7 Å². The molecule has 4 rings (SSSR count). The van der Waals surface area contributed by atoms with E-state index in [9.17, 15) is 9.59 Å². The van der Waals surface area contributed by atoms with Crippen molar-refractivity contribution in [3.8, 4) is 0 Å². The zero-order valence-corrected chi connectivity index (χ0v) is 17.1. The lowest BCUT2D eigenvalue weighted by molar-refractivity contribution is -0.119. The van der Waals surface area contributed by atoms with E-state index < -0.39 is 0 Å². The molecule has 7 heteroatoms. The van der Waals surface area contributed by atoms with Crippen molar-refractivity contribution < 1.29 is 9.59 Å². The minimum Gasteiger partial charge on any atom is -0.341 e. The van der Waals surface area contributed by atoms with E-state index in [4.69, 9.17) is 0 Å². The summed E-state index contributed by atoms with van der Waals surface area (Å²) in [6.45, 7) is 1.90. The van der Waals surface area contributed by atoms with Crippen LogP contribution in [0.1, 0.15) is 43.4 Å². The van der Waals surface area contributed by atoms with Crippen LogP contribution >= 0.6 is 11.8 Å². The number of hydrogen-bond donors (Lipinski definition) is 0. The zero-order chi connectivity index (χ0) is 20.1. The fourth-order valence-electron chi connectivity index (χ4n) is 3.84. The molecule has 6 nitrogen and oxygen atoms in total. The lowest BCUT2D eigenvalue weighted by Crippen LogP contribution is -2.35. The number of Topliss-reactive ketones (excluding diaryl/α,β-unsaturated/α-hetero) is 1. The lowest BCUT2D eigenvalue weighted by Gasteiger charge is -2.32. The molecule has 0 unspecified atom stereocenters. The second-order valence-electron chi connectivity index (χ2n) is 7.54. The lowest BCUT2D eigenvalue weighted by atomic mass is 9.91. The molecule has 0 radical (unpaired) electrons. The van der Waals surface area contributed by atoms with Crippen molar-refractivity contribution >= 4 is 34.7 Å². The highest BCUT2D eigenvalue weighted by atomic mass is 32.2. The maximum absolute atomic E-state index is 11.8. The summed E-state index contributed by atoms with van der Waals surface area (Å²) in [5.41, 5.74) is 2.04. The van der Waals surface area contributed by atoms with Crippen LogP contribution in [0.4, 0.5) is 5.95 Å². The first kappa shape index (κ1) is 19.8. The van der Waals surface area contributed by atoms with Crippen LogP contribution in [0.2, 0.25) is 0 Å². The van der Waals surface area contributed by atoms with Gasteiger partial charge in [0.15, 0.2) is 5.78 Å². The molecule has 0 aromatic carbocycles. The maximum Gasteiger partial charge on any atom is 0.225 e. The van der Waals surface area contributed by atoms with E-state index in [1.54, 1.807) is 18.3 Å². The minimum atomic E-state index is -0.118. The number of thioether (sulfide) groups is 1. The average molecular weight is 409 g/mol. The third kappa shape index (κ3) is 5.29. The minimum absolute atomic E-state index is 0.0108. The van der Waals surface area contributed by atoms with Crippen LogP contribution in [0.15, 0.2) is 41.7 Å². The van der Waals surface area contributed by atoms with E-state index in [2.05, 4.69) is 32.0 Å². The Kier molecular flexibility index (Phi) is 6.34. The topological polar surface area (TPSA) is 76.1 Å². The van der Waals surface area contributed by atoms with Gasteiger partial charge < -0.3 is 4.90 Å². The van der Waals surface area contributed by atoms with Crippen molar-refractivity contribution in [1.29, 1.82) is 0 Å². The van der Waals surface area contributed by atoms with E-state index >= 15 is 0 Å². The fourth-order valence-corrected chi connectivity index (χ4v) is 4.65. The van der Waals surface area contributed by atoms with Gasteiger partial charge in [0.2, 0.25) is 11.1 Å². The number of anilines is 1. The second-order valence-corrected chi connectivity index (χ2v) is 8.64. The Morgan fingerprint density at radius 3 is 2.62 bits per heavy atom. The first-order chi connectivity index (χ1) is 14.2. The number of piperidine rings is 1. The third-order valence-electron chi connectivity index (χ3n) is 5.47. The number of allylic oxidation sites excluding steroid dienone is 1. The molecule has 150 valence electrons. The summed E-state index contributed by atoms with van der Waals surface area (Å²) in [7, 11) is 0. The number of aryl methyl sites for hydroxylation is 1. The largest absolute Gasteiger partial charge is 0.341 e. The monoisotopic (exact) mass is 408 g/mol. The third-order valence-corrected chi connectivity index (χ3v) is 6.41. The van der Waals surface area contributed by atoms with Crippen LogP contribution in [0, 0.1) is 5.92 Å². The number of aromatic nitrogens is 3. The molecule has 0 atom stereocenters. The normalized spacial score (nSPS) is 19.3. The molecule has 2 aliphatic rings. The van der Waals surface area contributed by atoms with Crippen LogP contribution in [-0.4, -0.2) is 38.9 Å². The molecule has 0 spiro atoms. The average Bonchev–Trinajstić information content (AvgIpc) is 3.06. The zero-order valence-electron chi connectivity index (χ0n) is 16.3. The molecule has 0 saturated carbocycles. The predicted molar refractivity (Wildman–Crippen MR) is 114 cm³/mol. The first-order valence-electron chi connectivity index (χ1n) is 10.1. The Bertz CT molecular complexity index is 908. The summed E-state index contributed by atoms with van der Waals surface area (Å²) in [6.07, 6.45) is 13.0. The Hall–Kier alpha value is -2.54. The number of ketones is 1. The van der Waals surface area contributed by atoms with Crippen LogP contribution < -0.4 is 4.90 Å². The summed E-state index contributed by atoms with van der Waals surface area (Å²) in [4.78, 5) is 39.0. The maximum atomic E-state index is 11.8. The highest BCUT2D eigenvalue weighted by molar-refractivity contribution is 8.18. The number of rotatable bonds is 6. The van der Waals surface area contributed by atoms with E-state index in [0.717, 1.165) is 50.0 Å².